The zero-order valence-corrected chi connectivity index (χ0v) is 23.1. The van der Waals surface area contributed by atoms with Gasteiger partial charge in [-0.3, -0.25) is 14.5 Å². The van der Waals surface area contributed by atoms with Crippen LogP contribution < -0.4 is 10.5 Å². The van der Waals surface area contributed by atoms with E-state index < -0.39 is 6.04 Å². The molecule has 2 fully saturated rings. The van der Waals surface area contributed by atoms with Gasteiger partial charge in [0.25, 0.3) is 0 Å². The summed E-state index contributed by atoms with van der Waals surface area (Å²) in [7, 11) is 0. The molecular formula is C29H37Cl2N3O3. The Labute approximate surface area is 230 Å². The van der Waals surface area contributed by atoms with Gasteiger partial charge in [0.05, 0.1) is 22.1 Å². The van der Waals surface area contributed by atoms with Crippen LogP contribution in [-0.4, -0.2) is 65.4 Å². The Bertz CT molecular complexity index is 1080. The normalized spacial score (nSPS) is 23.1. The number of fused-ring (bicyclic) bond motifs is 1. The molecule has 0 spiro atoms. The van der Waals surface area contributed by atoms with E-state index in [2.05, 4.69) is 18.7 Å². The first-order valence-corrected chi connectivity index (χ1v) is 13.9. The van der Waals surface area contributed by atoms with Crippen molar-refractivity contribution in [3.63, 3.8) is 0 Å². The zero-order chi connectivity index (χ0) is 26.5. The predicted molar refractivity (Wildman–Crippen MR) is 148 cm³/mol. The summed E-state index contributed by atoms with van der Waals surface area (Å²) in [4.78, 5) is 31.5. The highest BCUT2D eigenvalue weighted by molar-refractivity contribution is 6.42. The Balaban J connectivity index is 1.50. The third-order valence-electron chi connectivity index (χ3n) is 7.38. The first kappa shape index (κ1) is 27.9. The quantitative estimate of drug-likeness (QED) is 0.455. The number of ketones is 1. The average Bonchev–Trinajstić information content (AvgIpc) is 3.22. The molecule has 37 heavy (non-hydrogen) atoms. The van der Waals surface area contributed by atoms with Crippen LogP contribution >= 0.6 is 23.2 Å². The van der Waals surface area contributed by atoms with Crippen LogP contribution in [0.25, 0.3) is 0 Å². The van der Waals surface area contributed by atoms with E-state index in [9.17, 15) is 9.59 Å². The molecule has 4 atom stereocenters. The number of halogens is 2. The summed E-state index contributed by atoms with van der Waals surface area (Å²) in [5.41, 5.74) is 7.29. The number of ether oxygens (including phenoxy) is 1. The molecule has 2 N–H and O–H groups in total. The first-order valence-electron chi connectivity index (χ1n) is 13.2. The van der Waals surface area contributed by atoms with E-state index in [0.717, 1.165) is 17.7 Å². The molecule has 0 bridgehead atoms. The van der Waals surface area contributed by atoms with Crippen LogP contribution in [0.5, 0.6) is 5.75 Å². The molecule has 1 amide bonds. The van der Waals surface area contributed by atoms with Gasteiger partial charge in [0, 0.05) is 31.6 Å². The van der Waals surface area contributed by atoms with Crippen molar-refractivity contribution in [1.82, 2.24) is 9.80 Å². The summed E-state index contributed by atoms with van der Waals surface area (Å²) < 4.78 is 6.09. The molecule has 0 saturated carbocycles. The van der Waals surface area contributed by atoms with Crippen molar-refractivity contribution >= 4 is 34.9 Å². The molecule has 200 valence electrons. The van der Waals surface area contributed by atoms with Crippen molar-refractivity contribution in [3.8, 4) is 5.75 Å². The summed E-state index contributed by atoms with van der Waals surface area (Å²) in [5, 5.41) is 0.976. The van der Waals surface area contributed by atoms with Gasteiger partial charge in [-0.15, -0.1) is 0 Å². The highest BCUT2D eigenvalue weighted by Crippen LogP contribution is 2.30. The van der Waals surface area contributed by atoms with Crippen molar-refractivity contribution in [1.29, 1.82) is 0 Å². The van der Waals surface area contributed by atoms with Crippen molar-refractivity contribution in [2.24, 2.45) is 11.7 Å². The third-order valence-corrected chi connectivity index (χ3v) is 8.12. The van der Waals surface area contributed by atoms with E-state index in [1.165, 1.54) is 0 Å². The molecule has 0 aromatic heterocycles. The number of aryl methyl sites for hydroxylation is 1. The molecule has 2 heterocycles. The number of Topliss-reactive ketones (excluding diaryl/α,β-unsaturated/α-hetero) is 1. The Morgan fingerprint density at radius 3 is 2.59 bits per heavy atom. The van der Waals surface area contributed by atoms with Crippen LogP contribution in [0.4, 0.5) is 0 Å². The maximum atomic E-state index is 13.9. The summed E-state index contributed by atoms with van der Waals surface area (Å²) in [6, 6.07) is 14.4. The van der Waals surface area contributed by atoms with Gasteiger partial charge >= 0.3 is 0 Å². The summed E-state index contributed by atoms with van der Waals surface area (Å²) in [6.45, 7) is 5.85. The van der Waals surface area contributed by atoms with Crippen molar-refractivity contribution in [2.75, 3.05) is 19.7 Å². The minimum absolute atomic E-state index is 0.0173. The molecule has 4 rings (SSSR count). The molecule has 1 unspecified atom stereocenters. The fraction of sp³-hybridized carbons (Fsp3) is 0.517. The standard InChI is InChI=1S/C29H37Cl2N3O3/c1-19(2)14-26(28(35)11-9-20-8-10-24(30)25(31)15-20)33-13-12-22(18-37-23-6-4-3-5-7-23)34-17-21(32)16-27(34)29(33)36/h3-8,10,15,19,21-22,26-27H,9,11-14,16-18,32H2,1-2H3/t21-,22?,26-,27+/m1/s1. The van der Waals surface area contributed by atoms with Crippen LogP contribution in [0.15, 0.2) is 48.5 Å². The molecule has 6 nitrogen and oxygen atoms in total. The van der Waals surface area contributed by atoms with Crippen LogP contribution in [0, 0.1) is 5.92 Å². The fourth-order valence-corrected chi connectivity index (χ4v) is 5.82. The smallest absolute Gasteiger partial charge is 0.240 e. The number of nitrogens with zero attached hydrogens (tertiary/aromatic N) is 2. The second kappa shape index (κ2) is 12.6. The number of hydrogen-bond donors (Lipinski definition) is 1. The highest BCUT2D eigenvalue weighted by atomic mass is 35.5. The van der Waals surface area contributed by atoms with Gasteiger partial charge in [-0.2, -0.15) is 0 Å². The molecule has 2 aliphatic rings. The average molecular weight is 547 g/mol. The second-order valence-electron chi connectivity index (χ2n) is 10.7. The van der Waals surface area contributed by atoms with E-state index in [1.807, 2.05) is 41.3 Å². The molecule has 0 aliphatic carbocycles. The highest BCUT2D eigenvalue weighted by Gasteiger charge is 2.45. The number of rotatable bonds is 10. The Morgan fingerprint density at radius 1 is 1.14 bits per heavy atom. The number of amides is 1. The molecule has 2 aromatic rings. The van der Waals surface area contributed by atoms with Crippen molar-refractivity contribution in [2.45, 2.75) is 70.1 Å². The van der Waals surface area contributed by atoms with Crippen LogP contribution in [0.1, 0.15) is 45.1 Å². The van der Waals surface area contributed by atoms with Gasteiger partial charge in [0.2, 0.25) is 5.91 Å². The van der Waals surface area contributed by atoms with E-state index >= 15 is 0 Å². The van der Waals surface area contributed by atoms with Gasteiger partial charge in [-0.05, 0) is 61.4 Å². The van der Waals surface area contributed by atoms with E-state index in [-0.39, 0.29) is 35.7 Å². The maximum absolute atomic E-state index is 13.9. The fourth-order valence-electron chi connectivity index (χ4n) is 5.50. The van der Waals surface area contributed by atoms with E-state index in [0.29, 0.717) is 55.4 Å². The number of carbonyl (C=O) groups excluding carboxylic acids is 2. The minimum Gasteiger partial charge on any atom is -0.492 e. The van der Waals surface area contributed by atoms with Crippen LogP contribution in [-0.2, 0) is 16.0 Å². The lowest BCUT2D eigenvalue weighted by atomic mass is 9.94. The molecule has 2 aromatic carbocycles. The summed E-state index contributed by atoms with van der Waals surface area (Å²) >= 11 is 12.2. The zero-order valence-electron chi connectivity index (χ0n) is 21.6. The van der Waals surface area contributed by atoms with Gasteiger partial charge in [0.15, 0.2) is 5.78 Å². The van der Waals surface area contributed by atoms with E-state index in [4.69, 9.17) is 33.7 Å². The summed E-state index contributed by atoms with van der Waals surface area (Å²) in [5.74, 6) is 1.18. The third kappa shape index (κ3) is 7.05. The Morgan fingerprint density at radius 2 is 1.89 bits per heavy atom. The van der Waals surface area contributed by atoms with E-state index in [1.54, 1.807) is 12.1 Å². The summed E-state index contributed by atoms with van der Waals surface area (Å²) in [6.07, 6.45) is 2.86. The lowest BCUT2D eigenvalue weighted by molar-refractivity contribution is -0.142. The SMILES string of the molecule is CC(C)C[C@H](C(=O)CCc1ccc(Cl)c(Cl)c1)N1CCC(COc2ccccc2)N2C[C@H](N)C[C@H]2C1=O. The number of hydrogen-bond acceptors (Lipinski definition) is 5. The van der Waals surface area contributed by atoms with Crippen molar-refractivity contribution in [3.05, 3.63) is 64.1 Å². The minimum atomic E-state index is -0.456. The second-order valence-corrected chi connectivity index (χ2v) is 11.5. The lowest BCUT2D eigenvalue weighted by Gasteiger charge is -2.33. The maximum Gasteiger partial charge on any atom is 0.240 e. The van der Waals surface area contributed by atoms with Crippen LogP contribution in [0.3, 0.4) is 0 Å². The van der Waals surface area contributed by atoms with Gasteiger partial charge < -0.3 is 15.4 Å². The molecule has 0 radical (unpaired) electrons. The predicted octanol–water partition coefficient (Wildman–Crippen LogP) is 4.99. The molecular weight excluding hydrogens is 509 g/mol. The van der Waals surface area contributed by atoms with Crippen molar-refractivity contribution < 1.29 is 14.3 Å². The largest absolute Gasteiger partial charge is 0.492 e. The first-order chi connectivity index (χ1) is 17.7. The number of para-hydroxylation sites is 1. The Hall–Kier alpha value is -2.12. The molecule has 8 heteroatoms. The van der Waals surface area contributed by atoms with Gasteiger partial charge in [-0.25, -0.2) is 0 Å². The van der Waals surface area contributed by atoms with Gasteiger partial charge in [0.1, 0.15) is 12.4 Å². The topological polar surface area (TPSA) is 75.9 Å². The van der Waals surface area contributed by atoms with Gasteiger partial charge in [-0.1, -0.05) is 61.3 Å². The monoisotopic (exact) mass is 545 g/mol. The number of nitrogens with two attached hydrogens (primary N) is 1. The molecule has 2 saturated heterocycles. The lowest BCUT2D eigenvalue weighted by Crippen LogP contribution is -2.51. The number of benzene rings is 2. The number of carbonyl (C=O) groups is 2. The molecule has 2 aliphatic heterocycles. The van der Waals surface area contributed by atoms with Crippen LogP contribution in [0.2, 0.25) is 10.0 Å². The Kier molecular flexibility index (Phi) is 9.51.